The van der Waals surface area contributed by atoms with Crippen LogP contribution >= 0.6 is 0 Å². The lowest BCUT2D eigenvalue weighted by Gasteiger charge is -2.22. The van der Waals surface area contributed by atoms with Crippen LogP contribution in [-0.2, 0) is 6.54 Å². The molecule has 1 aliphatic heterocycles. The Morgan fingerprint density at radius 1 is 1.52 bits per heavy atom. The summed E-state index contributed by atoms with van der Waals surface area (Å²) in [6, 6.07) is 5.25. The van der Waals surface area contributed by atoms with Gasteiger partial charge >= 0.3 is 0 Å². The topological polar surface area (TPSA) is 61.6 Å². The number of benzene rings is 1. The smallest absolute Gasteiger partial charge is 0.292 e. The summed E-state index contributed by atoms with van der Waals surface area (Å²) in [6.45, 7) is 4.05. The largest absolute Gasteiger partial charge is 0.382 e. The van der Waals surface area contributed by atoms with Crippen LogP contribution in [0.5, 0.6) is 0 Å². The number of para-hydroxylation sites is 1. The fraction of sp³-hybridized carbons (Fsp3) is 0.600. The third kappa shape index (κ3) is 3.92. The zero-order valence-corrected chi connectivity index (χ0v) is 13.0. The van der Waals surface area contributed by atoms with Gasteiger partial charge in [0.25, 0.3) is 5.69 Å². The molecular weight excluding hydrogens is 268 g/mol. The summed E-state index contributed by atoms with van der Waals surface area (Å²) in [7, 11) is 5.97. The maximum Gasteiger partial charge on any atom is 0.292 e. The van der Waals surface area contributed by atoms with Crippen LogP contribution in [0.15, 0.2) is 18.2 Å². The monoisotopic (exact) mass is 292 g/mol. The minimum absolute atomic E-state index is 0.143. The van der Waals surface area contributed by atoms with Crippen molar-refractivity contribution in [2.75, 3.05) is 46.1 Å². The second-order valence-electron chi connectivity index (χ2n) is 5.93. The Labute approximate surface area is 125 Å². The molecule has 116 valence electrons. The van der Waals surface area contributed by atoms with E-state index in [1.165, 1.54) is 6.42 Å². The van der Waals surface area contributed by atoms with Gasteiger partial charge in [0.2, 0.25) is 0 Å². The standard InChI is InChI=1S/C15H24N4O2/c1-16-15-13(5-4-6-14(15)19(20)21)11-18(3)10-12-7-8-17(2)9-12/h4-6,12,16H,7-11H2,1-3H3. The van der Waals surface area contributed by atoms with Gasteiger partial charge in [-0.1, -0.05) is 12.1 Å². The van der Waals surface area contributed by atoms with Gasteiger partial charge in [-0.25, -0.2) is 0 Å². The van der Waals surface area contributed by atoms with Crippen molar-refractivity contribution < 1.29 is 4.92 Å². The molecule has 1 aromatic rings. The molecule has 1 N–H and O–H groups in total. The first kappa shape index (κ1) is 15.7. The number of nitrogens with zero attached hydrogens (tertiary/aromatic N) is 3. The van der Waals surface area contributed by atoms with Crippen LogP contribution in [0.2, 0.25) is 0 Å². The van der Waals surface area contributed by atoms with Crippen molar-refractivity contribution in [1.29, 1.82) is 0 Å². The van der Waals surface area contributed by atoms with Crippen LogP contribution in [0.1, 0.15) is 12.0 Å². The molecule has 1 aromatic carbocycles. The van der Waals surface area contributed by atoms with Gasteiger partial charge in [0, 0.05) is 32.7 Å². The number of likely N-dealkylation sites (tertiary alicyclic amines) is 1. The third-order valence-electron chi connectivity index (χ3n) is 4.07. The molecule has 2 rings (SSSR count). The number of nitro groups is 1. The van der Waals surface area contributed by atoms with E-state index in [0.717, 1.165) is 31.7 Å². The highest BCUT2D eigenvalue weighted by Gasteiger charge is 2.22. The zero-order valence-electron chi connectivity index (χ0n) is 13.0. The minimum Gasteiger partial charge on any atom is -0.382 e. The van der Waals surface area contributed by atoms with E-state index in [4.69, 9.17) is 0 Å². The molecule has 0 aromatic heterocycles. The maximum absolute atomic E-state index is 11.1. The van der Waals surface area contributed by atoms with Crippen molar-refractivity contribution in [3.63, 3.8) is 0 Å². The molecule has 0 amide bonds. The van der Waals surface area contributed by atoms with Gasteiger partial charge in [-0.05, 0) is 38.5 Å². The molecule has 1 heterocycles. The highest BCUT2D eigenvalue weighted by atomic mass is 16.6. The number of hydrogen-bond donors (Lipinski definition) is 1. The number of hydrogen-bond acceptors (Lipinski definition) is 5. The molecule has 6 heteroatoms. The summed E-state index contributed by atoms with van der Waals surface area (Å²) >= 11 is 0. The van der Waals surface area contributed by atoms with Crippen LogP contribution in [0.25, 0.3) is 0 Å². The van der Waals surface area contributed by atoms with E-state index in [1.54, 1.807) is 19.2 Å². The molecule has 21 heavy (non-hydrogen) atoms. The summed E-state index contributed by atoms with van der Waals surface area (Å²) in [5, 5.41) is 14.1. The second kappa shape index (κ2) is 6.87. The molecule has 1 fully saturated rings. The van der Waals surface area contributed by atoms with Crippen LogP contribution in [0.4, 0.5) is 11.4 Å². The van der Waals surface area contributed by atoms with Crippen LogP contribution in [-0.4, -0.2) is 55.5 Å². The fourth-order valence-electron chi connectivity index (χ4n) is 3.13. The average molecular weight is 292 g/mol. The third-order valence-corrected chi connectivity index (χ3v) is 4.07. The Morgan fingerprint density at radius 2 is 2.29 bits per heavy atom. The van der Waals surface area contributed by atoms with E-state index in [1.807, 2.05) is 6.07 Å². The van der Waals surface area contributed by atoms with Crippen LogP contribution < -0.4 is 5.32 Å². The molecule has 1 saturated heterocycles. The van der Waals surface area contributed by atoms with Crippen molar-refractivity contribution in [3.05, 3.63) is 33.9 Å². The first-order chi connectivity index (χ1) is 10.0. The SMILES string of the molecule is CNc1c(CN(C)CC2CCN(C)C2)cccc1[N+](=O)[O-]. The Balaban J connectivity index is 2.04. The summed E-state index contributed by atoms with van der Waals surface area (Å²) in [5.41, 5.74) is 1.74. The lowest BCUT2D eigenvalue weighted by molar-refractivity contribution is -0.384. The highest BCUT2D eigenvalue weighted by molar-refractivity contribution is 5.66. The van der Waals surface area contributed by atoms with E-state index < -0.39 is 0 Å². The van der Waals surface area contributed by atoms with Gasteiger partial charge in [-0.3, -0.25) is 10.1 Å². The average Bonchev–Trinajstić information content (AvgIpc) is 2.83. The van der Waals surface area contributed by atoms with Crippen molar-refractivity contribution in [1.82, 2.24) is 9.80 Å². The van der Waals surface area contributed by atoms with Gasteiger partial charge in [0.15, 0.2) is 0 Å². The lowest BCUT2D eigenvalue weighted by Crippen LogP contribution is -2.27. The number of nitro benzene ring substituents is 1. The summed E-state index contributed by atoms with van der Waals surface area (Å²) in [4.78, 5) is 15.4. The fourth-order valence-corrected chi connectivity index (χ4v) is 3.13. The summed E-state index contributed by atoms with van der Waals surface area (Å²) in [6.07, 6.45) is 1.23. The predicted molar refractivity (Wildman–Crippen MR) is 84.6 cm³/mol. The van der Waals surface area contributed by atoms with E-state index >= 15 is 0 Å². The van der Waals surface area contributed by atoms with E-state index in [-0.39, 0.29) is 10.6 Å². The molecule has 0 spiro atoms. The summed E-state index contributed by atoms with van der Waals surface area (Å²) < 4.78 is 0. The first-order valence-corrected chi connectivity index (χ1v) is 7.32. The van der Waals surface area contributed by atoms with Gasteiger partial charge in [0.05, 0.1) is 4.92 Å². The van der Waals surface area contributed by atoms with E-state index in [9.17, 15) is 10.1 Å². The van der Waals surface area contributed by atoms with Gasteiger partial charge in [0.1, 0.15) is 5.69 Å². The molecular formula is C15H24N4O2. The molecule has 0 bridgehead atoms. The first-order valence-electron chi connectivity index (χ1n) is 7.32. The quantitative estimate of drug-likeness (QED) is 0.642. The Morgan fingerprint density at radius 3 is 2.86 bits per heavy atom. The Kier molecular flexibility index (Phi) is 5.14. The maximum atomic E-state index is 11.1. The Hall–Kier alpha value is -1.66. The molecule has 1 aliphatic rings. The van der Waals surface area contributed by atoms with Gasteiger partial charge < -0.3 is 15.1 Å². The number of anilines is 1. The normalized spacial score (nSPS) is 19.1. The summed E-state index contributed by atoms with van der Waals surface area (Å²) in [5.74, 6) is 0.691. The van der Waals surface area contributed by atoms with Gasteiger partial charge in [-0.2, -0.15) is 0 Å². The molecule has 1 unspecified atom stereocenters. The number of rotatable bonds is 6. The molecule has 1 atom stereocenters. The van der Waals surface area contributed by atoms with Crippen molar-refractivity contribution in [2.45, 2.75) is 13.0 Å². The highest BCUT2D eigenvalue weighted by Crippen LogP contribution is 2.28. The zero-order chi connectivity index (χ0) is 15.4. The van der Waals surface area contributed by atoms with E-state index in [0.29, 0.717) is 11.6 Å². The molecule has 0 aliphatic carbocycles. The second-order valence-corrected chi connectivity index (χ2v) is 5.93. The number of nitrogens with one attached hydrogen (secondary N) is 1. The molecule has 0 saturated carbocycles. The van der Waals surface area contributed by atoms with Crippen LogP contribution in [0.3, 0.4) is 0 Å². The lowest BCUT2D eigenvalue weighted by atomic mass is 10.1. The predicted octanol–water partition coefficient (Wildman–Crippen LogP) is 2.02. The Bertz CT molecular complexity index is 506. The van der Waals surface area contributed by atoms with Crippen molar-refractivity contribution in [2.24, 2.45) is 5.92 Å². The molecule has 0 radical (unpaired) electrons. The molecule has 6 nitrogen and oxygen atoms in total. The van der Waals surface area contributed by atoms with Gasteiger partial charge in [-0.15, -0.1) is 0 Å². The van der Waals surface area contributed by atoms with Crippen molar-refractivity contribution in [3.8, 4) is 0 Å². The minimum atomic E-state index is -0.332. The van der Waals surface area contributed by atoms with E-state index in [2.05, 4.69) is 29.2 Å². The van der Waals surface area contributed by atoms with Crippen LogP contribution in [0, 0.1) is 16.0 Å². The van der Waals surface area contributed by atoms with Crippen molar-refractivity contribution >= 4 is 11.4 Å².